The summed E-state index contributed by atoms with van der Waals surface area (Å²) < 4.78 is 0. The van der Waals surface area contributed by atoms with Crippen molar-refractivity contribution in [1.82, 2.24) is 0 Å². The first kappa shape index (κ1) is 15.0. The molecule has 0 atom stereocenters. The van der Waals surface area contributed by atoms with E-state index in [1.165, 1.54) is 25.5 Å². The first-order valence-electron chi connectivity index (χ1n) is 6.64. The number of rotatable bonds is 6. The summed E-state index contributed by atoms with van der Waals surface area (Å²) in [6.07, 6.45) is 5.16. The summed E-state index contributed by atoms with van der Waals surface area (Å²) in [7, 11) is -1.09. The first-order chi connectivity index (χ1) is 6.92. The van der Waals surface area contributed by atoms with Gasteiger partial charge in [-0.1, -0.05) is 65.2 Å². The smallest absolute Gasteiger partial charge is 0.106 e. The monoisotopic (exact) mass is 224 g/mol. The van der Waals surface area contributed by atoms with Gasteiger partial charge in [0.25, 0.3) is 0 Å². The van der Waals surface area contributed by atoms with E-state index in [1.54, 1.807) is 5.47 Å². The van der Waals surface area contributed by atoms with Crippen molar-refractivity contribution >= 4 is 14.8 Å². The van der Waals surface area contributed by atoms with Gasteiger partial charge in [-0.2, -0.15) is 0 Å². The highest BCUT2D eigenvalue weighted by Gasteiger charge is 2.24. The van der Waals surface area contributed by atoms with Crippen LogP contribution in [0.25, 0.3) is 0 Å². The summed E-state index contributed by atoms with van der Waals surface area (Å²) in [5.74, 6) is 0. The lowest BCUT2D eigenvalue weighted by atomic mass is 9.40. The molecule has 0 saturated carbocycles. The Balaban J connectivity index is 5.23. The molecule has 0 rings (SSSR count). The minimum atomic E-state index is -1.09. The summed E-state index contributed by atoms with van der Waals surface area (Å²) in [5.41, 5.74) is 1.79. The van der Waals surface area contributed by atoms with Gasteiger partial charge in [0.1, 0.15) is 0 Å². The van der Waals surface area contributed by atoms with Gasteiger partial charge in [0, 0.05) is 0 Å². The molecule has 0 radical (unpaired) electrons. The van der Waals surface area contributed by atoms with E-state index in [4.69, 9.17) is 0 Å². The molecule has 0 N–H and O–H groups in total. The molecule has 88 valence electrons. The molecule has 0 aromatic heterocycles. The molecule has 0 aliphatic carbocycles. The standard InChI is InChI=1S/C13H29BSi/c1-8-12(14(10-3)11-4)13(9-2)15(5,6)7/h8-11H2,1-7H3/b13-12+. The lowest BCUT2D eigenvalue weighted by Crippen LogP contribution is -2.29. The Morgan fingerprint density at radius 3 is 1.53 bits per heavy atom. The van der Waals surface area contributed by atoms with Crippen LogP contribution in [0.5, 0.6) is 0 Å². The highest BCUT2D eigenvalue weighted by atomic mass is 28.3. The molecular weight excluding hydrogens is 195 g/mol. The lowest BCUT2D eigenvalue weighted by molar-refractivity contribution is 1.07. The van der Waals surface area contributed by atoms with E-state index in [9.17, 15) is 0 Å². The Hall–Kier alpha value is 0.0218. The Kier molecular flexibility index (Phi) is 6.58. The molecule has 0 nitrogen and oxygen atoms in total. The normalized spacial score (nSPS) is 13.8. The van der Waals surface area contributed by atoms with Crippen molar-refractivity contribution in [3.8, 4) is 0 Å². The molecule has 15 heavy (non-hydrogen) atoms. The van der Waals surface area contributed by atoms with Crippen LogP contribution in [0.15, 0.2) is 10.7 Å². The lowest BCUT2D eigenvalue weighted by Gasteiger charge is -2.27. The fourth-order valence-corrected chi connectivity index (χ4v) is 5.17. The van der Waals surface area contributed by atoms with Crippen molar-refractivity contribution in [2.75, 3.05) is 0 Å². The third kappa shape index (κ3) is 4.18. The van der Waals surface area contributed by atoms with E-state index in [0.717, 1.165) is 6.71 Å². The zero-order chi connectivity index (χ0) is 12.1. The second kappa shape index (κ2) is 6.57. The second-order valence-electron chi connectivity index (χ2n) is 5.47. The molecule has 0 fully saturated rings. The first-order valence-corrected chi connectivity index (χ1v) is 10.1. The Labute approximate surface area is 98.6 Å². The zero-order valence-electron chi connectivity index (χ0n) is 11.9. The van der Waals surface area contributed by atoms with Crippen LogP contribution in [0.2, 0.25) is 32.3 Å². The zero-order valence-corrected chi connectivity index (χ0v) is 12.9. The Bertz CT molecular complexity index is 209. The van der Waals surface area contributed by atoms with Crippen LogP contribution in [-0.4, -0.2) is 14.8 Å². The Morgan fingerprint density at radius 1 is 0.867 bits per heavy atom. The minimum absolute atomic E-state index is 0.844. The van der Waals surface area contributed by atoms with Crippen molar-refractivity contribution in [1.29, 1.82) is 0 Å². The van der Waals surface area contributed by atoms with Crippen LogP contribution in [-0.2, 0) is 0 Å². The van der Waals surface area contributed by atoms with E-state index < -0.39 is 8.07 Å². The second-order valence-corrected chi connectivity index (χ2v) is 10.6. The predicted octanol–water partition coefficient (Wildman–Crippen LogP) is 5.05. The molecule has 0 aromatic carbocycles. The fraction of sp³-hybridized carbons (Fsp3) is 0.846. The number of hydrogen-bond acceptors (Lipinski definition) is 0. The molecule has 0 spiro atoms. The van der Waals surface area contributed by atoms with E-state index in [1.807, 2.05) is 5.20 Å². The Morgan fingerprint density at radius 2 is 1.33 bits per heavy atom. The average Bonchev–Trinajstić information content (AvgIpc) is 2.16. The number of allylic oxidation sites excluding steroid dienone is 2. The maximum Gasteiger partial charge on any atom is 0.169 e. The highest BCUT2D eigenvalue weighted by molar-refractivity contribution is 6.85. The van der Waals surface area contributed by atoms with Gasteiger partial charge < -0.3 is 0 Å². The van der Waals surface area contributed by atoms with Crippen molar-refractivity contribution in [2.24, 2.45) is 0 Å². The summed E-state index contributed by atoms with van der Waals surface area (Å²) in [5, 5.41) is 1.83. The maximum atomic E-state index is 2.49. The van der Waals surface area contributed by atoms with Gasteiger partial charge in [-0.25, -0.2) is 0 Å². The van der Waals surface area contributed by atoms with Gasteiger partial charge in [-0.3, -0.25) is 0 Å². The third-order valence-electron chi connectivity index (χ3n) is 3.51. The third-order valence-corrected chi connectivity index (χ3v) is 5.99. The van der Waals surface area contributed by atoms with Gasteiger partial charge >= 0.3 is 0 Å². The topological polar surface area (TPSA) is 0 Å². The van der Waals surface area contributed by atoms with Crippen molar-refractivity contribution in [3.63, 3.8) is 0 Å². The summed E-state index contributed by atoms with van der Waals surface area (Å²) in [4.78, 5) is 0. The summed E-state index contributed by atoms with van der Waals surface area (Å²) >= 11 is 0. The van der Waals surface area contributed by atoms with Crippen LogP contribution in [0.3, 0.4) is 0 Å². The molecule has 0 heterocycles. The molecule has 0 aliphatic rings. The van der Waals surface area contributed by atoms with Crippen LogP contribution in [0.1, 0.15) is 40.5 Å². The molecular formula is C13H29BSi. The molecule has 0 aromatic rings. The quantitative estimate of drug-likeness (QED) is 0.553. The van der Waals surface area contributed by atoms with Crippen LogP contribution < -0.4 is 0 Å². The molecule has 0 saturated heterocycles. The average molecular weight is 224 g/mol. The van der Waals surface area contributed by atoms with Crippen molar-refractivity contribution < 1.29 is 0 Å². The molecule has 0 aliphatic heterocycles. The van der Waals surface area contributed by atoms with Gasteiger partial charge in [-0.05, 0) is 12.8 Å². The van der Waals surface area contributed by atoms with E-state index in [-0.39, 0.29) is 0 Å². The van der Waals surface area contributed by atoms with Gasteiger partial charge in [0.05, 0.1) is 8.07 Å². The summed E-state index contributed by atoms with van der Waals surface area (Å²) in [6.45, 7) is 17.7. The highest BCUT2D eigenvalue weighted by Crippen LogP contribution is 2.27. The van der Waals surface area contributed by atoms with Crippen molar-refractivity contribution in [3.05, 3.63) is 10.7 Å². The minimum Gasteiger partial charge on any atom is -0.106 e. The van der Waals surface area contributed by atoms with Gasteiger partial charge in [0.2, 0.25) is 0 Å². The van der Waals surface area contributed by atoms with Gasteiger partial charge in [0.15, 0.2) is 6.71 Å². The van der Waals surface area contributed by atoms with Crippen LogP contribution >= 0.6 is 0 Å². The predicted molar refractivity (Wildman–Crippen MR) is 77.7 cm³/mol. The van der Waals surface area contributed by atoms with E-state index >= 15 is 0 Å². The molecule has 0 bridgehead atoms. The number of hydrogen-bond donors (Lipinski definition) is 0. The SMILES string of the molecule is CCB(CC)/C(CC)=C(\CC)[Si](C)(C)C. The molecule has 0 amide bonds. The molecule has 2 heteroatoms. The summed E-state index contributed by atoms with van der Waals surface area (Å²) in [6, 6.07) is 0. The molecule has 0 unspecified atom stereocenters. The van der Waals surface area contributed by atoms with E-state index in [2.05, 4.69) is 47.3 Å². The van der Waals surface area contributed by atoms with Crippen molar-refractivity contribution in [2.45, 2.75) is 72.8 Å². The van der Waals surface area contributed by atoms with E-state index in [0.29, 0.717) is 0 Å². The van der Waals surface area contributed by atoms with Crippen LogP contribution in [0.4, 0.5) is 0 Å². The fourth-order valence-electron chi connectivity index (χ4n) is 2.77. The largest absolute Gasteiger partial charge is 0.169 e. The maximum absolute atomic E-state index is 2.49. The van der Waals surface area contributed by atoms with Gasteiger partial charge in [-0.15, -0.1) is 5.47 Å². The van der Waals surface area contributed by atoms with Crippen LogP contribution in [0, 0.1) is 0 Å².